The minimum Gasteiger partial charge on any atom is -0.756 e. The molecule has 0 saturated heterocycles. The van der Waals surface area contributed by atoms with E-state index in [4.69, 9.17) is 18.5 Å². The molecule has 2 atom stereocenters. The highest BCUT2D eigenvalue weighted by atomic mass is 31.2. The number of rotatable bonds is 36. The summed E-state index contributed by atoms with van der Waals surface area (Å²) in [7, 11) is 1.16. The van der Waals surface area contributed by atoms with E-state index in [1.165, 1.54) is 103 Å². The van der Waals surface area contributed by atoms with Crippen molar-refractivity contribution in [2.75, 3.05) is 47.5 Å². The highest BCUT2D eigenvalue weighted by molar-refractivity contribution is 7.45. The highest BCUT2D eigenvalue weighted by Gasteiger charge is 2.21. The number of carbonyl (C=O) groups is 2. The molecule has 10 heteroatoms. The van der Waals surface area contributed by atoms with Crippen LogP contribution >= 0.6 is 7.82 Å². The smallest absolute Gasteiger partial charge is 0.306 e. The van der Waals surface area contributed by atoms with E-state index in [2.05, 4.69) is 26.0 Å². The lowest BCUT2D eigenvalue weighted by atomic mass is 10.1. The molecule has 0 saturated carbocycles. The number of phosphoric ester groups is 1. The number of allylic oxidation sites excluding steroid dienone is 2. The molecule has 0 radical (unpaired) electrons. The normalized spacial score (nSPS) is 13.8. The fourth-order valence-corrected chi connectivity index (χ4v) is 6.08. The zero-order chi connectivity index (χ0) is 36.5. The summed E-state index contributed by atoms with van der Waals surface area (Å²) in [6.07, 6.45) is 31.0. The Morgan fingerprint density at radius 1 is 0.612 bits per heavy atom. The Labute approximate surface area is 301 Å². The number of unbranched alkanes of at least 4 members (excludes halogenated alkanes) is 20. The molecule has 0 aromatic rings. The Bertz CT molecular complexity index is 860. The van der Waals surface area contributed by atoms with E-state index in [-0.39, 0.29) is 32.0 Å². The quantitative estimate of drug-likeness (QED) is 0.0207. The number of hydrogen-bond donors (Lipinski definition) is 0. The Balaban J connectivity index is 4.43. The minimum atomic E-state index is -4.62. The Morgan fingerprint density at radius 3 is 1.55 bits per heavy atom. The Hall–Kier alpha value is -1.25. The molecule has 1 unspecified atom stereocenters. The van der Waals surface area contributed by atoms with Crippen molar-refractivity contribution >= 4 is 19.8 Å². The lowest BCUT2D eigenvalue weighted by molar-refractivity contribution is -0.870. The second-order valence-corrected chi connectivity index (χ2v) is 16.1. The van der Waals surface area contributed by atoms with Crippen LogP contribution in [0.2, 0.25) is 0 Å². The summed E-state index contributed by atoms with van der Waals surface area (Å²) in [5.74, 6) is -0.857. The Kier molecular flexibility index (Phi) is 31.8. The van der Waals surface area contributed by atoms with Crippen LogP contribution in [0.4, 0.5) is 0 Å². The molecule has 0 amide bonds. The SMILES string of the molecule is CCCCCCCCCCC/C=C/CCCCC(=O)O[C@H](COC(=O)CCCCCCCCCCCC)COP(=O)([O-])OCC[N+](C)(C)C. The second kappa shape index (κ2) is 32.6. The van der Waals surface area contributed by atoms with Crippen LogP contribution in [0.3, 0.4) is 0 Å². The number of nitrogens with zero attached hydrogens (tertiary/aromatic N) is 1. The van der Waals surface area contributed by atoms with Gasteiger partial charge in [0.15, 0.2) is 6.10 Å². The van der Waals surface area contributed by atoms with Gasteiger partial charge in [-0.3, -0.25) is 14.2 Å². The van der Waals surface area contributed by atoms with Crippen molar-refractivity contribution in [1.29, 1.82) is 0 Å². The topological polar surface area (TPSA) is 111 Å². The van der Waals surface area contributed by atoms with Crippen LogP contribution in [0.5, 0.6) is 0 Å². The molecule has 49 heavy (non-hydrogen) atoms. The number of carbonyl (C=O) groups excluding carboxylic acids is 2. The molecule has 0 N–H and O–H groups in total. The zero-order valence-corrected chi connectivity index (χ0v) is 33.3. The van der Waals surface area contributed by atoms with Crippen LogP contribution in [0.25, 0.3) is 0 Å². The van der Waals surface area contributed by atoms with Crippen molar-refractivity contribution in [2.24, 2.45) is 0 Å². The fraction of sp³-hybridized carbons (Fsp3) is 0.897. The van der Waals surface area contributed by atoms with Crippen LogP contribution in [-0.4, -0.2) is 70.0 Å². The molecule has 0 spiro atoms. The van der Waals surface area contributed by atoms with Crippen molar-refractivity contribution < 1.29 is 42.1 Å². The van der Waals surface area contributed by atoms with E-state index >= 15 is 0 Å². The summed E-state index contributed by atoms with van der Waals surface area (Å²) in [4.78, 5) is 37.3. The molecule has 0 aromatic carbocycles. The van der Waals surface area contributed by atoms with Gasteiger partial charge in [-0.05, 0) is 38.5 Å². The average Bonchev–Trinajstić information content (AvgIpc) is 3.04. The number of esters is 2. The first-order chi connectivity index (χ1) is 23.5. The van der Waals surface area contributed by atoms with Gasteiger partial charge in [-0.15, -0.1) is 0 Å². The summed E-state index contributed by atoms with van der Waals surface area (Å²) in [6.45, 7) is 4.19. The van der Waals surface area contributed by atoms with Gasteiger partial charge in [-0.2, -0.15) is 0 Å². The third kappa shape index (κ3) is 36.3. The predicted octanol–water partition coefficient (Wildman–Crippen LogP) is 10.00. The van der Waals surface area contributed by atoms with Gasteiger partial charge in [-0.1, -0.05) is 135 Å². The van der Waals surface area contributed by atoms with Gasteiger partial charge in [0.1, 0.15) is 19.8 Å². The van der Waals surface area contributed by atoms with Crippen LogP contribution in [0.1, 0.15) is 174 Å². The molecular formula is C39H76NO8P. The first-order valence-corrected chi connectivity index (χ1v) is 21.4. The third-order valence-corrected chi connectivity index (χ3v) is 9.50. The van der Waals surface area contributed by atoms with E-state index in [1.54, 1.807) is 0 Å². The van der Waals surface area contributed by atoms with Gasteiger partial charge < -0.3 is 27.9 Å². The molecule has 0 rings (SSSR count). The largest absolute Gasteiger partial charge is 0.756 e. The minimum absolute atomic E-state index is 0.0315. The lowest BCUT2D eigenvalue weighted by Gasteiger charge is -2.28. The molecule has 0 bridgehead atoms. The molecule has 0 aliphatic heterocycles. The van der Waals surface area contributed by atoms with E-state index in [9.17, 15) is 19.0 Å². The van der Waals surface area contributed by atoms with Gasteiger partial charge >= 0.3 is 11.9 Å². The molecule has 290 valence electrons. The predicted molar refractivity (Wildman–Crippen MR) is 199 cm³/mol. The fourth-order valence-electron chi connectivity index (χ4n) is 5.35. The van der Waals surface area contributed by atoms with E-state index in [0.717, 1.165) is 38.5 Å². The molecule has 0 fully saturated rings. The van der Waals surface area contributed by atoms with Crippen LogP contribution < -0.4 is 4.89 Å². The van der Waals surface area contributed by atoms with E-state index in [1.807, 2.05) is 21.1 Å². The maximum Gasteiger partial charge on any atom is 0.306 e. The van der Waals surface area contributed by atoms with E-state index in [0.29, 0.717) is 17.4 Å². The standard InChI is InChI=1S/C39H76NO8P/c1-6-8-10-12-14-16-18-19-20-21-22-24-26-28-30-32-39(42)48-37(36-47-49(43,44)46-34-33-40(3,4)5)35-45-38(41)31-29-27-25-23-17-15-13-11-9-7-2/h22,24,37H,6-21,23,25-36H2,1-5H3/b24-22+/t37-/m1/s1. The van der Waals surface area contributed by atoms with Gasteiger partial charge in [-0.25, -0.2) is 0 Å². The first-order valence-electron chi connectivity index (χ1n) is 19.9. The van der Waals surface area contributed by atoms with Gasteiger partial charge in [0.25, 0.3) is 7.82 Å². The molecule has 0 aromatic heterocycles. The summed E-state index contributed by atoms with van der Waals surface area (Å²) in [6, 6.07) is 0. The van der Waals surface area contributed by atoms with E-state index < -0.39 is 26.5 Å². The molecule has 0 heterocycles. The number of quaternary nitrogens is 1. The maximum atomic E-state index is 12.6. The van der Waals surface area contributed by atoms with Crippen molar-refractivity contribution in [3.8, 4) is 0 Å². The van der Waals surface area contributed by atoms with Gasteiger partial charge in [0.2, 0.25) is 0 Å². The summed E-state index contributed by atoms with van der Waals surface area (Å²) in [5, 5.41) is 0. The molecule has 0 aliphatic carbocycles. The summed E-state index contributed by atoms with van der Waals surface area (Å²) in [5.41, 5.74) is 0. The number of hydrogen-bond acceptors (Lipinski definition) is 8. The van der Waals surface area contributed by atoms with Crippen molar-refractivity contribution in [1.82, 2.24) is 0 Å². The molecule has 9 nitrogen and oxygen atoms in total. The van der Waals surface area contributed by atoms with Crippen LogP contribution in [-0.2, 0) is 32.7 Å². The van der Waals surface area contributed by atoms with Crippen LogP contribution in [0, 0.1) is 0 Å². The molecule has 0 aliphatic rings. The van der Waals surface area contributed by atoms with Crippen molar-refractivity contribution in [3.63, 3.8) is 0 Å². The number of likely N-dealkylation sites (N-methyl/N-ethyl adjacent to an activating group) is 1. The second-order valence-electron chi connectivity index (χ2n) is 14.7. The zero-order valence-electron chi connectivity index (χ0n) is 32.4. The lowest BCUT2D eigenvalue weighted by Crippen LogP contribution is -2.37. The summed E-state index contributed by atoms with van der Waals surface area (Å²) >= 11 is 0. The average molecular weight is 718 g/mol. The Morgan fingerprint density at radius 2 is 1.04 bits per heavy atom. The van der Waals surface area contributed by atoms with Crippen LogP contribution in [0.15, 0.2) is 12.2 Å². The van der Waals surface area contributed by atoms with Crippen molar-refractivity contribution in [2.45, 2.75) is 180 Å². The van der Waals surface area contributed by atoms with Gasteiger partial charge in [0, 0.05) is 12.8 Å². The number of ether oxygens (including phenoxy) is 2. The number of phosphoric acid groups is 1. The monoisotopic (exact) mass is 718 g/mol. The first kappa shape index (κ1) is 47.8. The molecular weight excluding hydrogens is 641 g/mol. The maximum absolute atomic E-state index is 12.6. The van der Waals surface area contributed by atoms with Gasteiger partial charge in [0.05, 0.1) is 27.7 Å². The summed E-state index contributed by atoms with van der Waals surface area (Å²) < 4.78 is 33.7. The third-order valence-electron chi connectivity index (χ3n) is 8.54. The highest BCUT2D eigenvalue weighted by Crippen LogP contribution is 2.38. The van der Waals surface area contributed by atoms with Crippen molar-refractivity contribution in [3.05, 3.63) is 12.2 Å².